The average molecular weight is 328 g/mol. The molecule has 1 fully saturated rings. The molecule has 1 atom stereocenters. The van der Waals surface area contributed by atoms with Gasteiger partial charge in [0.05, 0.1) is 11.4 Å². The number of hydrogen-bond acceptors (Lipinski definition) is 5. The maximum absolute atomic E-state index is 12.2. The van der Waals surface area contributed by atoms with Crippen LogP contribution in [-0.4, -0.2) is 52.4 Å². The number of piperazine rings is 1. The van der Waals surface area contributed by atoms with E-state index in [-0.39, 0.29) is 5.91 Å². The van der Waals surface area contributed by atoms with Crippen LogP contribution in [-0.2, 0) is 4.79 Å². The van der Waals surface area contributed by atoms with Crippen molar-refractivity contribution < 1.29 is 4.79 Å². The summed E-state index contributed by atoms with van der Waals surface area (Å²) in [5.74, 6) is 0.573. The second-order valence-corrected chi connectivity index (χ2v) is 6.60. The van der Waals surface area contributed by atoms with Crippen LogP contribution < -0.4 is 5.32 Å². The Balaban J connectivity index is 1.55. The van der Waals surface area contributed by atoms with E-state index in [1.807, 2.05) is 47.4 Å². The third-order valence-electron chi connectivity index (χ3n) is 3.77. The standard InChI is InChI=1S/C17H20N4OS/c1-13-11-21(10-9-18-13)17(22)12-23-16-8-7-15(19-20-16)14-5-3-2-4-6-14/h2-8,13,18H,9-12H2,1H3. The molecule has 1 amide bonds. The molecular weight excluding hydrogens is 308 g/mol. The van der Waals surface area contributed by atoms with E-state index in [1.54, 1.807) is 0 Å². The molecule has 5 nitrogen and oxygen atoms in total. The van der Waals surface area contributed by atoms with Crippen LogP contribution in [0.15, 0.2) is 47.5 Å². The summed E-state index contributed by atoms with van der Waals surface area (Å²) in [6.45, 7) is 4.52. The Kier molecular flexibility index (Phi) is 5.25. The Morgan fingerprint density at radius 3 is 2.78 bits per heavy atom. The predicted octanol–water partition coefficient (Wildman–Crippen LogP) is 2.06. The van der Waals surface area contributed by atoms with Crippen LogP contribution in [0.1, 0.15) is 6.92 Å². The zero-order valence-corrected chi connectivity index (χ0v) is 13.9. The van der Waals surface area contributed by atoms with Crippen molar-refractivity contribution in [2.45, 2.75) is 18.0 Å². The van der Waals surface area contributed by atoms with Gasteiger partial charge in [-0.2, -0.15) is 0 Å². The highest BCUT2D eigenvalue weighted by molar-refractivity contribution is 7.99. The van der Waals surface area contributed by atoms with Gasteiger partial charge >= 0.3 is 0 Å². The minimum atomic E-state index is 0.164. The Bertz CT molecular complexity index is 647. The lowest BCUT2D eigenvalue weighted by molar-refractivity contribution is -0.129. The first kappa shape index (κ1) is 16.0. The number of carbonyl (C=O) groups excluding carboxylic acids is 1. The van der Waals surface area contributed by atoms with Gasteiger partial charge in [0.2, 0.25) is 5.91 Å². The number of rotatable bonds is 4. The molecular formula is C17H20N4OS. The van der Waals surface area contributed by atoms with Crippen LogP contribution in [0.3, 0.4) is 0 Å². The summed E-state index contributed by atoms with van der Waals surface area (Å²) >= 11 is 1.44. The number of thioether (sulfide) groups is 1. The second-order valence-electron chi connectivity index (χ2n) is 5.61. The number of benzene rings is 1. The average Bonchev–Trinajstić information content (AvgIpc) is 2.61. The van der Waals surface area contributed by atoms with Crippen molar-refractivity contribution in [1.29, 1.82) is 0 Å². The Morgan fingerprint density at radius 1 is 1.26 bits per heavy atom. The highest BCUT2D eigenvalue weighted by atomic mass is 32.2. The number of hydrogen-bond donors (Lipinski definition) is 1. The van der Waals surface area contributed by atoms with E-state index in [0.717, 1.165) is 35.9 Å². The molecule has 0 spiro atoms. The van der Waals surface area contributed by atoms with Gasteiger partial charge < -0.3 is 10.2 Å². The van der Waals surface area contributed by atoms with Gasteiger partial charge in [0.15, 0.2) is 0 Å². The largest absolute Gasteiger partial charge is 0.339 e. The Labute approximate surface area is 140 Å². The zero-order valence-electron chi connectivity index (χ0n) is 13.1. The van der Waals surface area contributed by atoms with E-state index in [9.17, 15) is 4.79 Å². The summed E-state index contributed by atoms with van der Waals surface area (Å²) in [6.07, 6.45) is 0. The van der Waals surface area contributed by atoms with E-state index < -0.39 is 0 Å². The number of nitrogens with zero attached hydrogens (tertiary/aromatic N) is 3. The van der Waals surface area contributed by atoms with Crippen molar-refractivity contribution in [3.8, 4) is 11.3 Å². The van der Waals surface area contributed by atoms with E-state index in [2.05, 4.69) is 22.4 Å². The lowest BCUT2D eigenvalue weighted by Crippen LogP contribution is -2.51. The maximum Gasteiger partial charge on any atom is 0.233 e. The van der Waals surface area contributed by atoms with Crippen molar-refractivity contribution >= 4 is 17.7 Å². The Hall–Kier alpha value is -1.92. The molecule has 1 aromatic heterocycles. The van der Waals surface area contributed by atoms with Crippen molar-refractivity contribution in [2.75, 3.05) is 25.4 Å². The molecule has 120 valence electrons. The van der Waals surface area contributed by atoms with E-state index in [1.165, 1.54) is 11.8 Å². The smallest absolute Gasteiger partial charge is 0.233 e. The van der Waals surface area contributed by atoms with Crippen LogP contribution in [0.25, 0.3) is 11.3 Å². The van der Waals surface area contributed by atoms with Crippen LogP contribution >= 0.6 is 11.8 Å². The molecule has 1 aliphatic rings. The van der Waals surface area contributed by atoms with Crippen molar-refractivity contribution in [1.82, 2.24) is 20.4 Å². The topological polar surface area (TPSA) is 58.1 Å². The van der Waals surface area contributed by atoms with Crippen molar-refractivity contribution in [3.63, 3.8) is 0 Å². The SMILES string of the molecule is CC1CN(C(=O)CSc2ccc(-c3ccccc3)nn2)CCN1. The number of nitrogens with one attached hydrogen (secondary N) is 1. The van der Waals surface area contributed by atoms with E-state index in [0.29, 0.717) is 11.8 Å². The lowest BCUT2D eigenvalue weighted by atomic mass is 10.1. The molecule has 1 aromatic carbocycles. The van der Waals surface area contributed by atoms with Gasteiger partial charge in [-0.05, 0) is 19.1 Å². The van der Waals surface area contributed by atoms with E-state index >= 15 is 0 Å². The third-order valence-corrected chi connectivity index (χ3v) is 4.68. The predicted molar refractivity (Wildman–Crippen MR) is 92.2 cm³/mol. The maximum atomic E-state index is 12.2. The molecule has 2 aromatic rings. The van der Waals surface area contributed by atoms with Gasteiger partial charge in [0.25, 0.3) is 0 Å². The summed E-state index contributed by atoms with van der Waals surface area (Å²) in [5.41, 5.74) is 1.89. The van der Waals surface area contributed by atoms with Crippen molar-refractivity contribution in [2.24, 2.45) is 0 Å². The molecule has 23 heavy (non-hydrogen) atoms. The summed E-state index contributed by atoms with van der Waals surface area (Å²) in [5, 5.41) is 12.6. The first-order valence-electron chi connectivity index (χ1n) is 7.75. The van der Waals surface area contributed by atoms with Gasteiger partial charge in [0.1, 0.15) is 5.03 Å². The molecule has 1 aliphatic heterocycles. The number of amides is 1. The highest BCUT2D eigenvalue weighted by Gasteiger charge is 2.20. The fourth-order valence-electron chi connectivity index (χ4n) is 2.55. The van der Waals surface area contributed by atoms with E-state index in [4.69, 9.17) is 0 Å². The second kappa shape index (κ2) is 7.57. The fraction of sp³-hybridized carbons (Fsp3) is 0.353. The molecule has 1 N–H and O–H groups in total. The monoisotopic (exact) mass is 328 g/mol. The normalized spacial score (nSPS) is 18.0. The van der Waals surface area contributed by atoms with Gasteiger partial charge in [-0.15, -0.1) is 10.2 Å². The molecule has 3 rings (SSSR count). The zero-order chi connectivity index (χ0) is 16.1. The van der Waals surface area contributed by atoms with Gasteiger partial charge in [-0.25, -0.2) is 0 Å². The first-order valence-corrected chi connectivity index (χ1v) is 8.74. The molecule has 0 aliphatic carbocycles. The molecule has 6 heteroatoms. The molecule has 2 heterocycles. The fourth-order valence-corrected chi connectivity index (χ4v) is 3.26. The van der Waals surface area contributed by atoms with Crippen LogP contribution in [0.4, 0.5) is 0 Å². The lowest BCUT2D eigenvalue weighted by Gasteiger charge is -2.31. The number of aromatic nitrogens is 2. The minimum Gasteiger partial charge on any atom is -0.339 e. The van der Waals surface area contributed by atoms with Gasteiger partial charge in [-0.1, -0.05) is 42.1 Å². The van der Waals surface area contributed by atoms with Gasteiger partial charge in [-0.3, -0.25) is 4.79 Å². The van der Waals surface area contributed by atoms with Gasteiger partial charge in [0, 0.05) is 31.2 Å². The first-order chi connectivity index (χ1) is 11.2. The quantitative estimate of drug-likeness (QED) is 0.871. The molecule has 0 saturated carbocycles. The molecule has 0 radical (unpaired) electrons. The third kappa shape index (κ3) is 4.30. The number of carbonyl (C=O) groups is 1. The highest BCUT2D eigenvalue weighted by Crippen LogP contribution is 2.20. The van der Waals surface area contributed by atoms with Crippen LogP contribution in [0.2, 0.25) is 0 Å². The summed E-state index contributed by atoms with van der Waals surface area (Å²) < 4.78 is 0. The van der Waals surface area contributed by atoms with Crippen LogP contribution in [0.5, 0.6) is 0 Å². The summed E-state index contributed by atoms with van der Waals surface area (Å²) in [7, 11) is 0. The molecule has 0 bridgehead atoms. The minimum absolute atomic E-state index is 0.164. The summed E-state index contributed by atoms with van der Waals surface area (Å²) in [4.78, 5) is 14.2. The van der Waals surface area contributed by atoms with Crippen molar-refractivity contribution in [3.05, 3.63) is 42.5 Å². The summed E-state index contributed by atoms with van der Waals surface area (Å²) in [6, 6.07) is 14.2. The Morgan fingerprint density at radius 2 is 2.09 bits per heavy atom. The van der Waals surface area contributed by atoms with Crippen LogP contribution in [0, 0.1) is 0 Å². The molecule has 1 saturated heterocycles. The molecule has 1 unspecified atom stereocenters.